The van der Waals surface area contributed by atoms with E-state index in [1.165, 1.54) is 36.0 Å². The fraction of sp³-hybridized carbons (Fsp3) is 0.143. The predicted molar refractivity (Wildman–Crippen MR) is 117 cm³/mol. The minimum absolute atomic E-state index is 0.00361. The first-order chi connectivity index (χ1) is 15.3. The molecule has 2 aromatic carbocycles. The van der Waals surface area contributed by atoms with E-state index >= 15 is 0 Å². The standard InChI is InChI=1S/C21H15ClF2N4O3S/c22-14-7-12(5-6-15(14)24)25-19(30)13-8-16(29)26-18-17(13)20(31)28-21(27-18)32-9-10-1-3-11(23)4-2-10/h1-7,13H,8-9H2,(H,25,30)(H2,26,27,28,29,31)/t13-/m0/s1. The number of carbonyl (C=O) groups is 2. The predicted octanol–water partition coefficient (Wildman–Crippen LogP) is 4.06. The van der Waals surface area contributed by atoms with Crippen molar-refractivity contribution in [2.45, 2.75) is 23.2 Å². The first-order valence-electron chi connectivity index (χ1n) is 9.37. The zero-order chi connectivity index (χ0) is 22.8. The number of amides is 2. The summed E-state index contributed by atoms with van der Waals surface area (Å²) in [4.78, 5) is 44.6. The molecule has 0 saturated carbocycles. The molecule has 1 aliphatic heterocycles. The summed E-state index contributed by atoms with van der Waals surface area (Å²) < 4.78 is 26.4. The lowest BCUT2D eigenvalue weighted by molar-refractivity contribution is -0.123. The molecule has 164 valence electrons. The summed E-state index contributed by atoms with van der Waals surface area (Å²) in [6.07, 6.45) is -0.249. The number of hydrogen-bond acceptors (Lipinski definition) is 5. The van der Waals surface area contributed by atoms with Crippen LogP contribution in [0.1, 0.15) is 23.5 Å². The van der Waals surface area contributed by atoms with Crippen LogP contribution < -0.4 is 16.2 Å². The van der Waals surface area contributed by atoms with Crippen molar-refractivity contribution >= 4 is 46.7 Å². The molecule has 0 aliphatic carbocycles. The van der Waals surface area contributed by atoms with Crippen molar-refractivity contribution in [2.24, 2.45) is 0 Å². The number of H-pyrrole nitrogens is 1. The molecule has 32 heavy (non-hydrogen) atoms. The summed E-state index contributed by atoms with van der Waals surface area (Å²) in [7, 11) is 0. The summed E-state index contributed by atoms with van der Waals surface area (Å²) in [6.45, 7) is 0. The average molecular weight is 477 g/mol. The van der Waals surface area contributed by atoms with Crippen molar-refractivity contribution in [3.8, 4) is 0 Å². The molecule has 7 nitrogen and oxygen atoms in total. The minimum Gasteiger partial charge on any atom is -0.325 e. The highest BCUT2D eigenvalue weighted by Gasteiger charge is 2.34. The van der Waals surface area contributed by atoms with Gasteiger partial charge in [-0.3, -0.25) is 14.4 Å². The summed E-state index contributed by atoms with van der Waals surface area (Å²) in [6, 6.07) is 9.54. The van der Waals surface area contributed by atoms with E-state index < -0.39 is 29.1 Å². The van der Waals surface area contributed by atoms with Crippen LogP contribution in [0, 0.1) is 11.6 Å². The van der Waals surface area contributed by atoms with E-state index in [-0.39, 0.29) is 39.5 Å². The maximum Gasteiger partial charge on any atom is 0.257 e. The number of rotatable bonds is 5. The van der Waals surface area contributed by atoms with E-state index in [0.29, 0.717) is 5.75 Å². The zero-order valence-electron chi connectivity index (χ0n) is 16.2. The van der Waals surface area contributed by atoms with Gasteiger partial charge in [-0.25, -0.2) is 13.8 Å². The van der Waals surface area contributed by atoms with Gasteiger partial charge in [0.15, 0.2) is 5.16 Å². The molecule has 1 aliphatic rings. The Bertz CT molecular complexity index is 1270. The smallest absolute Gasteiger partial charge is 0.257 e. The molecule has 0 saturated heterocycles. The summed E-state index contributed by atoms with van der Waals surface area (Å²) in [5.41, 5.74) is 0.510. The van der Waals surface area contributed by atoms with Crippen molar-refractivity contribution in [2.75, 3.05) is 10.6 Å². The van der Waals surface area contributed by atoms with Crippen molar-refractivity contribution in [1.82, 2.24) is 9.97 Å². The highest BCUT2D eigenvalue weighted by Crippen LogP contribution is 2.31. The van der Waals surface area contributed by atoms with E-state index in [9.17, 15) is 23.2 Å². The number of nitrogens with one attached hydrogen (secondary N) is 3. The Labute approximate surface area is 189 Å². The van der Waals surface area contributed by atoms with Crippen LogP contribution in [0.2, 0.25) is 5.02 Å². The van der Waals surface area contributed by atoms with Gasteiger partial charge in [-0.1, -0.05) is 35.5 Å². The van der Waals surface area contributed by atoms with Crippen LogP contribution in [-0.2, 0) is 15.3 Å². The fourth-order valence-corrected chi connectivity index (χ4v) is 4.18. The molecule has 0 unspecified atom stereocenters. The highest BCUT2D eigenvalue weighted by atomic mass is 35.5. The van der Waals surface area contributed by atoms with E-state index in [0.717, 1.165) is 11.6 Å². The van der Waals surface area contributed by atoms with Crippen LogP contribution in [-0.4, -0.2) is 21.8 Å². The van der Waals surface area contributed by atoms with Crippen LogP contribution in [0.3, 0.4) is 0 Å². The van der Waals surface area contributed by atoms with Gasteiger partial charge in [0.25, 0.3) is 5.56 Å². The normalized spacial score (nSPS) is 15.1. The molecule has 1 atom stereocenters. The molecule has 0 bridgehead atoms. The molecule has 2 amide bonds. The third-order valence-electron chi connectivity index (χ3n) is 4.72. The topological polar surface area (TPSA) is 104 Å². The zero-order valence-corrected chi connectivity index (χ0v) is 17.8. The molecule has 11 heteroatoms. The Kier molecular flexibility index (Phi) is 6.24. The molecule has 3 N–H and O–H groups in total. The van der Waals surface area contributed by atoms with Gasteiger partial charge < -0.3 is 15.6 Å². The van der Waals surface area contributed by atoms with Gasteiger partial charge in [-0.2, -0.15) is 0 Å². The van der Waals surface area contributed by atoms with E-state index in [1.807, 2.05) is 0 Å². The third-order valence-corrected chi connectivity index (χ3v) is 5.96. The van der Waals surface area contributed by atoms with Gasteiger partial charge in [0.2, 0.25) is 11.8 Å². The molecule has 1 aromatic heterocycles. The number of halogens is 3. The number of nitrogens with zero attached hydrogens (tertiary/aromatic N) is 1. The lowest BCUT2D eigenvalue weighted by atomic mass is 9.92. The largest absolute Gasteiger partial charge is 0.325 e. The van der Waals surface area contributed by atoms with E-state index in [4.69, 9.17) is 11.6 Å². The van der Waals surface area contributed by atoms with Gasteiger partial charge in [0.05, 0.1) is 16.5 Å². The second kappa shape index (κ2) is 9.09. The lowest BCUT2D eigenvalue weighted by Crippen LogP contribution is -2.36. The monoisotopic (exact) mass is 476 g/mol. The fourth-order valence-electron chi connectivity index (χ4n) is 3.18. The van der Waals surface area contributed by atoms with Gasteiger partial charge >= 0.3 is 0 Å². The maximum atomic E-state index is 13.3. The van der Waals surface area contributed by atoms with Gasteiger partial charge in [0.1, 0.15) is 17.5 Å². The highest BCUT2D eigenvalue weighted by molar-refractivity contribution is 7.98. The Morgan fingerprint density at radius 1 is 1.19 bits per heavy atom. The number of hydrogen-bond donors (Lipinski definition) is 3. The molecule has 0 fully saturated rings. The molecular weight excluding hydrogens is 462 g/mol. The number of anilines is 2. The maximum absolute atomic E-state index is 13.3. The molecule has 4 rings (SSSR count). The molecule has 3 aromatic rings. The van der Waals surface area contributed by atoms with Gasteiger partial charge in [-0.05, 0) is 35.9 Å². The van der Waals surface area contributed by atoms with Crippen LogP contribution in [0.4, 0.5) is 20.3 Å². The minimum atomic E-state index is -1.09. The second-order valence-electron chi connectivity index (χ2n) is 6.97. The van der Waals surface area contributed by atoms with Crippen LogP contribution in [0.5, 0.6) is 0 Å². The molecule has 0 spiro atoms. The quantitative estimate of drug-likeness (QED) is 0.380. The van der Waals surface area contributed by atoms with Crippen LogP contribution >= 0.6 is 23.4 Å². The van der Waals surface area contributed by atoms with Crippen molar-refractivity contribution in [1.29, 1.82) is 0 Å². The Morgan fingerprint density at radius 3 is 2.66 bits per heavy atom. The molecule has 0 radical (unpaired) electrons. The van der Waals surface area contributed by atoms with Crippen molar-refractivity contribution in [3.63, 3.8) is 0 Å². The number of aromatic amines is 1. The summed E-state index contributed by atoms with van der Waals surface area (Å²) in [5.74, 6) is -2.76. The molecule has 2 heterocycles. The summed E-state index contributed by atoms with van der Waals surface area (Å²) in [5, 5.41) is 5.14. The number of benzene rings is 2. The van der Waals surface area contributed by atoms with E-state index in [1.54, 1.807) is 12.1 Å². The van der Waals surface area contributed by atoms with E-state index in [2.05, 4.69) is 20.6 Å². The second-order valence-corrected chi connectivity index (χ2v) is 8.34. The first kappa shape index (κ1) is 22.0. The Hall–Kier alpha value is -3.24. The first-order valence-corrected chi connectivity index (χ1v) is 10.7. The number of thioether (sulfide) groups is 1. The van der Waals surface area contributed by atoms with Crippen LogP contribution in [0.15, 0.2) is 52.4 Å². The van der Waals surface area contributed by atoms with Gasteiger partial charge in [-0.15, -0.1) is 0 Å². The number of fused-ring (bicyclic) bond motifs is 1. The van der Waals surface area contributed by atoms with Crippen LogP contribution in [0.25, 0.3) is 0 Å². The van der Waals surface area contributed by atoms with Gasteiger partial charge in [0, 0.05) is 17.9 Å². The Balaban J connectivity index is 1.56. The lowest BCUT2D eigenvalue weighted by Gasteiger charge is -2.23. The SMILES string of the molecule is O=C1C[C@H](C(=O)Nc2ccc(F)c(Cl)c2)c2c(nc(SCc3ccc(F)cc3)[nH]c2=O)N1. The molecular formula is C21H15ClF2N4O3S. The third kappa shape index (κ3) is 4.81. The summed E-state index contributed by atoms with van der Waals surface area (Å²) >= 11 is 6.93. The Morgan fingerprint density at radius 2 is 1.94 bits per heavy atom. The van der Waals surface area contributed by atoms with Crippen molar-refractivity contribution < 1.29 is 18.4 Å². The van der Waals surface area contributed by atoms with Crippen molar-refractivity contribution in [3.05, 3.63) is 80.6 Å². The number of carbonyl (C=O) groups excluding carboxylic acids is 2. The average Bonchev–Trinajstić information content (AvgIpc) is 2.75. The number of aromatic nitrogens is 2.